The van der Waals surface area contributed by atoms with Crippen LogP contribution >= 0.6 is 0 Å². The number of nitrogens with zero attached hydrogens (tertiary/aromatic N) is 4. The summed E-state index contributed by atoms with van der Waals surface area (Å²) in [6.45, 7) is 0.484. The molecule has 0 aliphatic rings. The summed E-state index contributed by atoms with van der Waals surface area (Å²) >= 11 is 0. The third-order valence-electron chi connectivity index (χ3n) is 3.02. The molecule has 0 amide bonds. The molecule has 17 heavy (non-hydrogen) atoms. The second kappa shape index (κ2) is 3.34. The number of nitrogens with two attached hydrogens (primary N) is 1. The van der Waals surface area contributed by atoms with Gasteiger partial charge in [0.25, 0.3) is 0 Å². The van der Waals surface area contributed by atoms with Crippen molar-refractivity contribution < 1.29 is 0 Å². The summed E-state index contributed by atoms with van der Waals surface area (Å²) in [5.74, 6) is 0.843. The van der Waals surface area contributed by atoms with Crippen molar-refractivity contribution >= 4 is 16.8 Å². The van der Waals surface area contributed by atoms with Crippen molar-refractivity contribution in [1.82, 2.24) is 14.0 Å². The molecule has 2 heterocycles. The summed E-state index contributed by atoms with van der Waals surface area (Å²) < 4.78 is 3.96. The van der Waals surface area contributed by atoms with Crippen LogP contribution in [-0.4, -0.2) is 14.0 Å². The minimum absolute atomic E-state index is 0.484. The second-order valence-electron chi connectivity index (χ2n) is 3.98. The number of benzene rings is 1. The van der Waals surface area contributed by atoms with Crippen molar-refractivity contribution in [3.8, 4) is 6.07 Å². The van der Waals surface area contributed by atoms with Gasteiger partial charge in [0, 0.05) is 19.8 Å². The predicted molar refractivity (Wildman–Crippen MR) is 64.3 cm³/mol. The van der Waals surface area contributed by atoms with Crippen LogP contribution in [0.25, 0.3) is 16.8 Å². The van der Waals surface area contributed by atoms with Crippen LogP contribution < -0.4 is 5.73 Å². The van der Waals surface area contributed by atoms with Crippen molar-refractivity contribution in [3.05, 3.63) is 35.7 Å². The molecule has 1 aromatic carbocycles. The average Bonchev–Trinajstić information content (AvgIpc) is 2.86. The van der Waals surface area contributed by atoms with E-state index in [-0.39, 0.29) is 0 Å². The number of rotatable bonds is 1. The summed E-state index contributed by atoms with van der Waals surface area (Å²) in [5, 5.41) is 8.85. The minimum atomic E-state index is 0.484. The van der Waals surface area contributed by atoms with E-state index in [0.29, 0.717) is 12.1 Å². The monoisotopic (exact) mass is 225 g/mol. The Kier molecular flexibility index (Phi) is 1.94. The molecule has 3 rings (SSSR count). The van der Waals surface area contributed by atoms with E-state index >= 15 is 0 Å². The maximum absolute atomic E-state index is 8.85. The van der Waals surface area contributed by atoms with Crippen LogP contribution in [0.3, 0.4) is 0 Å². The zero-order chi connectivity index (χ0) is 12.0. The molecule has 0 bridgehead atoms. The molecular weight excluding hydrogens is 214 g/mol. The van der Waals surface area contributed by atoms with E-state index < -0.39 is 0 Å². The van der Waals surface area contributed by atoms with Crippen LogP contribution in [0.4, 0.5) is 0 Å². The largest absolute Gasteiger partial charge is 0.325 e. The highest BCUT2D eigenvalue weighted by Crippen LogP contribution is 2.19. The molecule has 0 aliphatic carbocycles. The van der Waals surface area contributed by atoms with Crippen molar-refractivity contribution in [1.29, 1.82) is 5.26 Å². The van der Waals surface area contributed by atoms with Gasteiger partial charge in [-0.1, -0.05) is 0 Å². The lowest BCUT2D eigenvalue weighted by molar-refractivity contribution is 0.840. The molecule has 84 valence electrons. The maximum Gasteiger partial charge on any atom is 0.214 e. The van der Waals surface area contributed by atoms with Crippen molar-refractivity contribution in [3.63, 3.8) is 0 Å². The van der Waals surface area contributed by atoms with Gasteiger partial charge in [0.05, 0.1) is 28.4 Å². The van der Waals surface area contributed by atoms with Crippen LogP contribution in [0, 0.1) is 11.3 Å². The van der Waals surface area contributed by atoms with E-state index in [1.54, 1.807) is 12.1 Å². The summed E-state index contributed by atoms with van der Waals surface area (Å²) in [5.41, 5.74) is 9.14. The van der Waals surface area contributed by atoms with Gasteiger partial charge in [-0.15, -0.1) is 0 Å². The summed E-state index contributed by atoms with van der Waals surface area (Å²) in [6.07, 6.45) is 1.98. The van der Waals surface area contributed by atoms with Gasteiger partial charge in [-0.25, -0.2) is 4.98 Å². The van der Waals surface area contributed by atoms with Crippen LogP contribution in [0.5, 0.6) is 0 Å². The lowest BCUT2D eigenvalue weighted by atomic mass is 10.2. The normalized spacial score (nSPS) is 11.1. The Morgan fingerprint density at radius 3 is 3.00 bits per heavy atom. The van der Waals surface area contributed by atoms with E-state index in [4.69, 9.17) is 11.0 Å². The number of aryl methyl sites for hydroxylation is 1. The minimum Gasteiger partial charge on any atom is -0.325 e. The third kappa shape index (κ3) is 1.25. The van der Waals surface area contributed by atoms with Crippen molar-refractivity contribution in [2.45, 2.75) is 6.54 Å². The maximum atomic E-state index is 8.85. The molecule has 0 fully saturated rings. The molecule has 0 unspecified atom stereocenters. The molecule has 0 aliphatic heterocycles. The van der Waals surface area contributed by atoms with Crippen molar-refractivity contribution in [2.75, 3.05) is 0 Å². The first-order chi connectivity index (χ1) is 8.24. The van der Waals surface area contributed by atoms with Crippen molar-refractivity contribution in [2.24, 2.45) is 12.8 Å². The lowest BCUT2D eigenvalue weighted by Gasteiger charge is -1.96. The summed E-state index contributed by atoms with van der Waals surface area (Å²) in [6, 6.07) is 7.62. The zero-order valence-electron chi connectivity index (χ0n) is 9.38. The van der Waals surface area contributed by atoms with Gasteiger partial charge in [0.2, 0.25) is 5.78 Å². The van der Waals surface area contributed by atoms with Gasteiger partial charge >= 0.3 is 0 Å². The highest BCUT2D eigenvalue weighted by atomic mass is 15.2. The molecule has 0 saturated heterocycles. The quantitative estimate of drug-likeness (QED) is 0.675. The van der Waals surface area contributed by atoms with Gasteiger partial charge in [0.1, 0.15) is 0 Å². The highest BCUT2D eigenvalue weighted by molar-refractivity contribution is 5.81. The van der Waals surface area contributed by atoms with Crippen LogP contribution in [0.2, 0.25) is 0 Å². The van der Waals surface area contributed by atoms with E-state index in [1.807, 2.05) is 28.3 Å². The number of hydrogen-bond acceptors (Lipinski definition) is 3. The lowest BCUT2D eigenvalue weighted by Crippen LogP contribution is -2.02. The highest BCUT2D eigenvalue weighted by Gasteiger charge is 2.10. The summed E-state index contributed by atoms with van der Waals surface area (Å²) in [7, 11) is 1.94. The molecule has 3 aromatic rings. The first-order valence-corrected chi connectivity index (χ1v) is 5.31. The Bertz CT molecular complexity index is 756. The topological polar surface area (TPSA) is 72.0 Å². The number of imidazole rings is 2. The smallest absolute Gasteiger partial charge is 0.214 e. The first kappa shape index (κ1) is 9.87. The van der Waals surface area contributed by atoms with Gasteiger partial charge < -0.3 is 10.3 Å². The van der Waals surface area contributed by atoms with Crippen LogP contribution in [0.15, 0.2) is 24.4 Å². The fourth-order valence-electron chi connectivity index (χ4n) is 2.07. The third-order valence-corrected chi connectivity index (χ3v) is 3.02. The molecule has 0 radical (unpaired) electrons. The average molecular weight is 225 g/mol. The van der Waals surface area contributed by atoms with Gasteiger partial charge in [-0.2, -0.15) is 5.26 Å². The SMILES string of the molecule is Cn1c(CN)cn2c3ccc(C#N)cc3nc12. The zero-order valence-corrected chi connectivity index (χ0v) is 9.38. The fourth-order valence-corrected chi connectivity index (χ4v) is 2.07. The Hall–Kier alpha value is -2.32. The molecule has 5 heteroatoms. The first-order valence-electron chi connectivity index (χ1n) is 5.31. The Morgan fingerprint density at radius 1 is 1.47 bits per heavy atom. The van der Waals surface area contributed by atoms with E-state index in [9.17, 15) is 0 Å². The molecule has 5 nitrogen and oxygen atoms in total. The Labute approximate surface area is 97.7 Å². The summed E-state index contributed by atoms with van der Waals surface area (Å²) in [4.78, 5) is 4.51. The van der Waals surface area contributed by atoms with Gasteiger partial charge in [-0.3, -0.25) is 4.40 Å². The Morgan fingerprint density at radius 2 is 2.29 bits per heavy atom. The molecule has 2 N–H and O–H groups in total. The fraction of sp³-hybridized carbons (Fsp3) is 0.167. The van der Waals surface area contributed by atoms with Crippen LogP contribution in [-0.2, 0) is 13.6 Å². The number of fused-ring (bicyclic) bond motifs is 3. The van der Waals surface area contributed by atoms with Gasteiger partial charge in [0.15, 0.2) is 0 Å². The second-order valence-corrected chi connectivity index (χ2v) is 3.98. The number of aromatic nitrogens is 3. The predicted octanol–water partition coefficient (Wildman–Crippen LogP) is 1.16. The standard InChI is InChI=1S/C12H11N5/c1-16-9(6-14)7-17-11-3-2-8(5-13)4-10(11)15-12(16)17/h2-4,7H,6,14H2,1H3. The van der Waals surface area contributed by atoms with E-state index in [0.717, 1.165) is 22.5 Å². The van der Waals surface area contributed by atoms with E-state index in [1.165, 1.54) is 0 Å². The number of nitriles is 1. The Balaban J connectivity index is 2.41. The van der Waals surface area contributed by atoms with E-state index in [2.05, 4.69) is 11.1 Å². The molecule has 2 aromatic heterocycles. The number of hydrogen-bond donors (Lipinski definition) is 1. The van der Waals surface area contributed by atoms with Gasteiger partial charge in [-0.05, 0) is 18.2 Å². The molecule has 0 spiro atoms. The van der Waals surface area contributed by atoms with Crippen LogP contribution in [0.1, 0.15) is 11.3 Å². The molecular formula is C12H11N5. The molecule has 0 atom stereocenters. The molecule has 0 saturated carbocycles.